The van der Waals surface area contributed by atoms with Gasteiger partial charge in [-0.25, -0.2) is 0 Å². The van der Waals surface area contributed by atoms with Gasteiger partial charge in [-0.2, -0.15) is 0 Å². The Morgan fingerprint density at radius 1 is 0.941 bits per heavy atom. The van der Waals surface area contributed by atoms with Crippen LogP contribution in [0.1, 0.15) is 5.56 Å². The number of alkyl halides is 1. The van der Waals surface area contributed by atoms with E-state index in [1.807, 2.05) is 66.7 Å². The molecule has 17 heavy (non-hydrogen) atoms. The summed E-state index contributed by atoms with van der Waals surface area (Å²) >= 11 is 5.64. The van der Waals surface area contributed by atoms with E-state index in [0.29, 0.717) is 5.88 Å². The molecule has 0 aliphatic rings. The second-order valence-electron chi connectivity index (χ2n) is 3.51. The SMILES string of the molecule is ClC/C=C/c1ccccc1Oc1ccccc1. The zero-order valence-corrected chi connectivity index (χ0v) is 10.1. The predicted octanol–water partition coefficient (Wildman–Crippen LogP) is 4.73. The molecule has 0 aliphatic carbocycles. The maximum Gasteiger partial charge on any atom is 0.134 e. The van der Waals surface area contributed by atoms with Crippen LogP contribution < -0.4 is 4.74 Å². The summed E-state index contributed by atoms with van der Waals surface area (Å²) < 4.78 is 5.81. The van der Waals surface area contributed by atoms with Crippen molar-refractivity contribution in [2.75, 3.05) is 5.88 Å². The number of allylic oxidation sites excluding steroid dienone is 1. The molecule has 2 rings (SSSR count). The molecule has 0 N–H and O–H groups in total. The smallest absolute Gasteiger partial charge is 0.134 e. The Balaban J connectivity index is 2.23. The van der Waals surface area contributed by atoms with E-state index in [1.165, 1.54) is 0 Å². The number of benzene rings is 2. The molecular weight excluding hydrogens is 232 g/mol. The molecule has 0 bridgehead atoms. The number of hydrogen-bond acceptors (Lipinski definition) is 1. The minimum absolute atomic E-state index is 0.500. The van der Waals surface area contributed by atoms with Gasteiger partial charge in [-0.15, -0.1) is 11.6 Å². The Morgan fingerprint density at radius 2 is 1.65 bits per heavy atom. The summed E-state index contributed by atoms with van der Waals surface area (Å²) in [5.41, 5.74) is 1.03. The van der Waals surface area contributed by atoms with E-state index in [9.17, 15) is 0 Å². The Morgan fingerprint density at radius 3 is 2.41 bits per heavy atom. The first-order chi connectivity index (χ1) is 8.40. The van der Waals surface area contributed by atoms with Gasteiger partial charge in [0, 0.05) is 11.4 Å². The summed E-state index contributed by atoms with van der Waals surface area (Å²) in [7, 11) is 0. The van der Waals surface area contributed by atoms with Crippen molar-refractivity contribution in [2.24, 2.45) is 0 Å². The summed E-state index contributed by atoms with van der Waals surface area (Å²) in [5.74, 6) is 2.17. The molecular formula is C15H13ClO. The Kier molecular flexibility index (Phi) is 4.23. The van der Waals surface area contributed by atoms with Gasteiger partial charge in [0.15, 0.2) is 0 Å². The minimum atomic E-state index is 0.500. The van der Waals surface area contributed by atoms with Crippen molar-refractivity contribution in [1.82, 2.24) is 0 Å². The van der Waals surface area contributed by atoms with Crippen molar-refractivity contribution < 1.29 is 4.74 Å². The highest BCUT2D eigenvalue weighted by molar-refractivity contribution is 6.19. The predicted molar refractivity (Wildman–Crippen MR) is 72.7 cm³/mol. The standard InChI is InChI=1S/C15H13ClO/c16-12-6-8-13-7-4-5-11-15(13)17-14-9-2-1-3-10-14/h1-11H,12H2/b8-6+. The second kappa shape index (κ2) is 6.12. The van der Waals surface area contributed by atoms with Crippen LogP contribution in [0, 0.1) is 0 Å². The lowest BCUT2D eigenvalue weighted by Crippen LogP contribution is -1.86. The molecule has 0 heterocycles. The van der Waals surface area contributed by atoms with E-state index in [0.717, 1.165) is 17.1 Å². The van der Waals surface area contributed by atoms with Gasteiger partial charge in [-0.1, -0.05) is 48.6 Å². The number of hydrogen-bond donors (Lipinski definition) is 0. The van der Waals surface area contributed by atoms with Crippen molar-refractivity contribution in [3.05, 3.63) is 66.2 Å². The first kappa shape index (κ1) is 11.7. The van der Waals surface area contributed by atoms with Gasteiger partial charge < -0.3 is 4.74 Å². The molecule has 0 unspecified atom stereocenters. The largest absolute Gasteiger partial charge is 0.457 e. The number of halogens is 1. The lowest BCUT2D eigenvalue weighted by molar-refractivity contribution is 0.481. The van der Waals surface area contributed by atoms with Gasteiger partial charge in [0.05, 0.1) is 0 Å². The van der Waals surface area contributed by atoms with Crippen molar-refractivity contribution >= 4 is 17.7 Å². The van der Waals surface area contributed by atoms with Gasteiger partial charge in [0.1, 0.15) is 11.5 Å². The topological polar surface area (TPSA) is 9.23 Å². The highest BCUT2D eigenvalue weighted by Gasteiger charge is 2.00. The second-order valence-corrected chi connectivity index (χ2v) is 3.82. The van der Waals surface area contributed by atoms with Crippen LogP contribution in [-0.4, -0.2) is 5.88 Å². The van der Waals surface area contributed by atoms with Crippen LogP contribution in [0.15, 0.2) is 60.7 Å². The maximum absolute atomic E-state index is 5.81. The number of ether oxygens (including phenoxy) is 1. The summed E-state index contributed by atoms with van der Waals surface area (Å²) in [4.78, 5) is 0. The lowest BCUT2D eigenvalue weighted by Gasteiger charge is -2.08. The molecule has 2 aromatic rings. The molecule has 0 atom stereocenters. The summed E-state index contributed by atoms with van der Waals surface area (Å²) in [6.07, 6.45) is 3.86. The third-order valence-corrected chi connectivity index (χ3v) is 2.45. The monoisotopic (exact) mass is 244 g/mol. The molecule has 1 nitrogen and oxygen atoms in total. The number of para-hydroxylation sites is 2. The van der Waals surface area contributed by atoms with E-state index < -0.39 is 0 Å². The van der Waals surface area contributed by atoms with E-state index >= 15 is 0 Å². The molecule has 0 saturated heterocycles. The van der Waals surface area contributed by atoms with Gasteiger partial charge >= 0.3 is 0 Å². The molecule has 0 aliphatic heterocycles. The van der Waals surface area contributed by atoms with Gasteiger partial charge in [0.2, 0.25) is 0 Å². The quantitative estimate of drug-likeness (QED) is 0.707. The fraction of sp³-hybridized carbons (Fsp3) is 0.0667. The molecule has 2 aromatic carbocycles. The molecule has 0 aromatic heterocycles. The number of rotatable bonds is 4. The summed E-state index contributed by atoms with van der Waals surface area (Å²) in [5, 5.41) is 0. The Hall–Kier alpha value is -1.73. The third-order valence-electron chi connectivity index (χ3n) is 2.28. The molecule has 0 fully saturated rings. The van der Waals surface area contributed by atoms with Crippen LogP contribution in [0.3, 0.4) is 0 Å². The van der Waals surface area contributed by atoms with E-state index in [4.69, 9.17) is 16.3 Å². The molecule has 2 heteroatoms. The van der Waals surface area contributed by atoms with Gasteiger partial charge in [-0.3, -0.25) is 0 Å². The third kappa shape index (κ3) is 3.36. The van der Waals surface area contributed by atoms with E-state index in [2.05, 4.69) is 0 Å². The van der Waals surface area contributed by atoms with Crippen molar-refractivity contribution in [2.45, 2.75) is 0 Å². The van der Waals surface area contributed by atoms with Crippen molar-refractivity contribution in [3.8, 4) is 11.5 Å². The van der Waals surface area contributed by atoms with Gasteiger partial charge in [-0.05, 0) is 18.2 Å². The van der Waals surface area contributed by atoms with E-state index in [1.54, 1.807) is 0 Å². The molecule has 86 valence electrons. The Bertz CT molecular complexity index is 491. The fourth-order valence-electron chi connectivity index (χ4n) is 1.50. The summed E-state index contributed by atoms with van der Waals surface area (Å²) in [6, 6.07) is 17.6. The molecule has 0 spiro atoms. The van der Waals surface area contributed by atoms with Crippen LogP contribution in [0.2, 0.25) is 0 Å². The molecule has 0 radical (unpaired) electrons. The minimum Gasteiger partial charge on any atom is -0.457 e. The summed E-state index contributed by atoms with van der Waals surface area (Å²) in [6.45, 7) is 0. The normalized spacial score (nSPS) is 10.6. The highest BCUT2D eigenvalue weighted by Crippen LogP contribution is 2.25. The first-order valence-corrected chi connectivity index (χ1v) is 5.98. The van der Waals surface area contributed by atoms with Crippen molar-refractivity contribution in [1.29, 1.82) is 0 Å². The fourth-order valence-corrected chi connectivity index (χ4v) is 1.59. The van der Waals surface area contributed by atoms with Crippen LogP contribution >= 0.6 is 11.6 Å². The Labute approximate surface area is 106 Å². The molecule has 0 saturated carbocycles. The van der Waals surface area contributed by atoms with Crippen LogP contribution in [0.5, 0.6) is 11.5 Å². The average Bonchev–Trinajstić information content (AvgIpc) is 2.39. The van der Waals surface area contributed by atoms with Crippen molar-refractivity contribution in [3.63, 3.8) is 0 Å². The van der Waals surface area contributed by atoms with Crippen LogP contribution in [-0.2, 0) is 0 Å². The lowest BCUT2D eigenvalue weighted by atomic mass is 10.2. The zero-order valence-electron chi connectivity index (χ0n) is 9.34. The highest BCUT2D eigenvalue weighted by atomic mass is 35.5. The van der Waals surface area contributed by atoms with Gasteiger partial charge in [0.25, 0.3) is 0 Å². The maximum atomic E-state index is 5.81. The van der Waals surface area contributed by atoms with Crippen LogP contribution in [0.4, 0.5) is 0 Å². The van der Waals surface area contributed by atoms with E-state index in [-0.39, 0.29) is 0 Å². The average molecular weight is 245 g/mol. The van der Waals surface area contributed by atoms with Crippen LogP contribution in [0.25, 0.3) is 6.08 Å². The zero-order chi connectivity index (χ0) is 11.9. The first-order valence-electron chi connectivity index (χ1n) is 5.44. The molecule has 0 amide bonds.